The van der Waals surface area contributed by atoms with Crippen LogP contribution in [0.2, 0.25) is 0 Å². The van der Waals surface area contributed by atoms with Gasteiger partial charge in [-0.2, -0.15) is 0 Å². The van der Waals surface area contributed by atoms with Crippen molar-refractivity contribution in [2.75, 3.05) is 6.61 Å². The van der Waals surface area contributed by atoms with E-state index in [2.05, 4.69) is 25.1 Å². The predicted octanol–water partition coefficient (Wildman–Crippen LogP) is 3.71. The van der Waals surface area contributed by atoms with Crippen LogP contribution in [0.15, 0.2) is 24.3 Å². The second-order valence-electron chi connectivity index (χ2n) is 6.15. The topological polar surface area (TPSA) is 35.2 Å². The van der Waals surface area contributed by atoms with Gasteiger partial charge < -0.3 is 10.5 Å². The lowest BCUT2D eigenvalue weighted by Gasteiger charge is -2.37. The molecule has 1 aromatic rings. The number of nitrogens with two attached hydrogens (primary N) is 1. The summed E-state index contributed by atoms with van der Waals surface area (Å²) in [5, 5.41) is 0. The lowest BCUT2D eigenvalue weighted by Crippen LogP contribution is -2.42. The highest BCUT2D eigenvalue weighted by molar-refractivity contribution is 5.40. The van der Waals surface area contributed by atoms with Gasteiger partial charge in [-0.25, -0.2) is 0 Å². The Kier molecular flexibility index (Phi) is 3.79. The van der Waals surface area contributed by atoms with Crippen LogP contribution in [0.5, 0.6) is 5.75 Å². The molecule has 2 aliphatic rings. The van der Waals surface area contributed by atoms with Crippen molar-refractivity contribution in [2.24, 2.45) is 17.6 Å². The highest BCUT2D eigenvalue weighted by atomic mass is 16.5. The number of hydrogen-bond acceptors (Lipinski definition) is 2. The second kappa shape index (κ2) is 5.54. The van der Waals surface area contributed by atoms with Crippen LogP contribution in [-0.4, -0.2) is 12.6 Å². The van der Waals surface area contributed by atoms with Crippen molar-refractivity contribution in [1.82, 2.24) is 0 Å². The number of ether oxygens (including phenoxy) is 1. The zero-order chi connectivity index (χ0) is 13.2. The highest BCUT2D eigenvalue weighted by Gasteiger charge is 2.37. The van der Waals surface area contributed by atoms with E-state index in [-0.39, 0.29) is 6.04 Å². The molecular weight excluding hydrogens is 234 g/mol. The highest BCUT2D eigenvalue weighted by Crippen LogP contribution is 2.42. The summed E-state index contributed by atoms with van der Waals surface area (Å²) in [6, 6.07) is 8.67. The third-order valence-electron chi connectivity index (χ3n) is 5.19. The first-order valence-electron chi connectivity index (χ1n) is 7.78. The van der Waals surface area contributed by atoms with E-state index in [1.807, 2.05) is 6.07 Å². The van der Waals surface area contributed by atoms with Gasteiger partial charge in [0.2, 0.25) is 0 Å². The normalized spacial score (nSPS) is 31.6. The summed E-state index contributed by atoms with van der Waals surface area (Å²) in [5.41, 5.74) is 7.98. The van der Waals surface area contributed by atoms with E-state index in [1.54, 1.807) is 0 Å². The molecule has 3 rings (SSSR count). The standard InChI is InChI=1S/C17H25NO/c1-2-12-7-3-4-8-13(12)17(18)15-11-19-16-10-6-5-9-14(15)16/h5-6,9-10,12-13,15,17H,2-4,7-8,11,18H2,1H3. The number of rotatable bonds is 3. The molecule has 0 radical (unpaired) electrons. The van der Waals surface area contributed by atoms with Gasteiger partial charge in [0, 0.05) is 17.5 Å². The molecule has 2 heteroatoms. The molecule has 1 heterocycles. The Morgan fingerprint density at radius 2 is 2.05 bits per heavy atom. The van der Waals surface area contributed by atoms with Gasteiger partial charge in [-0.1, -0.05) is 50.8 Å². The first-order chi connectivity index (χ1) is 9.31. The molecule has 1 saturated carbocycles. The molecule has 2 N–H and O–H groups in total. The minimum absolute atomic E-state index is 0.258. The van der Waals surface area contributed by atoms with Gasteiger partial charge in [0.1, 0.15) is 5.75 Å². The summed E-state index contributed by atoms with van der Waals surface area (Å²) >= 11 is 0. The molecule has 1 aliphatic heterocycles. The molecule has 1 aromatic carbocycles. The van der Waals surface area contributed by atoms with Crippen molar-refractivity contribution in [3.63, 3.8) is 0 Å². The first-order valence-corrected chi connectivity index (χ1v) is 7.78. The van der Waals surface area contributed by atoms with E-state index in [0.717, 1.165) is 18.3 Å². The van der Waals surface area contributed by atoms with Crippen LogP contribution in [0, 0.1) is 11.8 Å². The van der Waals surface area contributed by atoms with Crippen molar-refractivity contribution in [3.8, 4) is 5.75 Å². The zero-order valence-corrected chi connectivity index (χ0v) is 11.8. The van der Waals surface area contributed by atoms with E-state index < -0.39 is 0 Å². The van der Waals surface area contributed by atoms with Crippen LogP contribution in [0.25, 0.3) is 0 Å². The lowest BCUT2D eigenvalue weighted by molar-refractivity contribution is 0.170. The average Bonchev–Trinajstić information content (AvgIpc) is 2.90. The molecule has 1 fully saturated rings. The average molecular weight is 259 g/mol. The van der Waals surface area contributed by atoms with Crippen LogP contribution in [0.4, 0.5) is 0 Å². The molecule has 19 heavy (non-hydrogen) atoms. The van der Waals surface area contributed by atoms with E-state index >= 15 is 0 Å². The Morgan fingerprint density at radius 1 is 1.26 bits per heavy atom. The maximum Gasteiger partial charge on any atom is 0.122 e. The van der Waals surface area contributed by atoms with Crippen LogP contribution in [0.3, 0.4) is 0 Å². The Bertz CT molecular complexity index is 431. The third-order valence-corrected chi connectivity index (χ3v) is 5.19. The number of benzene rings is 1. The molecule has 0 bridgehead atoms. The number of para-hydroxylation sites is 1. The van der Waals surface area contributed by atoms with Crippen molar-refractivity contribution in [3.05, 3.63) is 29.8 Å². The minimum Gasteiger partial charge on any atom is -0.493 e. The van der Waals surface area contributed by atoms with Gasteiger partial charge >= 0.3 is 0 Å². The lowest BCUT2D eigenvalue weighted by atomic mass is 9.70. The molecule has 0 saturated heterocycles. The Labute approximate surface area is 116 Å². The summed E-state index contributed by atoms with van der Waals surface area (Å²) in [5.74, 6) is 2.94. The maximum absolute atomic E-state index is 6.65. The summed E-state index contributed by atoms with van der Waals surface area (Å²) in [4.78, 5) is 0. The Hall–Kier alpha value is -1.02. The van der Waals surface area contributed by atoms with Crippen molar-refractivity contribution >= 4 is 0 Å². The zero-order valence-electron chi connectivity index (χ0n) is 11.8. The molecule has 0 amide bonds. The summed E-state index contributed by atoms with van der Waals surface area (Å²) in [6.07, 6.45) is 6.68. The summed E-state index contributed by atoms with van der Waals surface area (Å²) in [6.45, 7) is 3.09. The quantitative estimate of drug-likeness (QED) is 0.898. The molecule has 1 aliphatic carbocycles. The smallest absolute Gasteiger partial charge is 0.122 e. The Balaban J connectivity index is 1.79. The number of fused-ring (bicyclic) bond motifs is 1. The Morgan fingerprint density at radius 3 is 2.89 bits per heavy atom. The van der Waals surface area contributed by atoms with Gasteiger partial charge in [0.25, 0.3) is 0 Å². The van der Waals surface area contributed by atoms with E-state index in [4.69, 9.17) is 10.5 Å². The van der Waals surface area contributed by atoms with Gasteiger partial charge in [-0.15, -0.1) is 0 Å². The molecule has 2 nitrogen and oxygen atoms in total. The van der Waals surface area contributed by atoms with Crippen molar-refractivity contribution < 1.29 is 4.74 Å². The molecule has 4 unspecified atom stereocenters. The second-order valence-corrected chi connectivity index (χ2v) is 6.15. The van der Waals surface area contributed by atoms with Crippen LogP contribution in [-0.2, 0) is 0 Å². The fourth-order valence-electron chi connectivity index (χ4n) is 4.05. The SMILES string of the molecule is CCC1CCCCC1C(N)C1COc2ccccc21. The fourth-order valence-corrected chi connectivity index (χ4v) is 4.05. The maximum atomic E-state index is 6.65. The van der Waals surface area contributed by atoms with Crippen molar-refractivity contribution in [2.45, 2.75) is 51.0 Å². The van der Waals surface area contributed by atoms with Gasteiger partial charge in [0.15, 0.2) is 0 Å². The minimum atomic E-state index is 0.258. The first kappa shape index (κ1) is 13.0. The monoisotopic (exact) mass is 259 g/mol. The van der Waals surface area contributed by atoms with Crippen molar-refractivity contribution in [1.29, 1.82) is 0 Å². The van der Waals surface area contributed by atoms with Crippen LogP contribution < -0.4 is 10.5 Å². The van der Waals surface area contributed by atoms with Crippen LogP contribution in [0.1, 0.15) is 50.5 Å². The summed E-state index contributed by atoms with van der Waals surface area (Å²) in [7, 11) is 0. The van der Waals surface area contributed by atoms with E-state index in [0.29, 0.717) is 11.8 Å². The van der Waals surface area contributed by atoms with Crippen LogP contribution >= 0.6 is 0 Å². The molecule has 0 aromatic heterocycles. The molecule has 104 valence electrons. The van der Waals surface area contributed by atoms with Gasteiger partial charge in [0.05, 0.1) is 6.61 Å². The fraction of sp³-hybridized carbons (Fsp3) is 0.647. The molecule has 4 atom stereocenters. The predicted molar refractivity (Wildman–Crippen MR) is 78.4 cm³/mol. The van der Waals surface area contributed by atoms with E-state index in [9.17, 15) is 0 Å². The van der Waals surface area contributed by atoms with E-state index in [1.165, 1.54) is 37.7 Å². The molecule has 0 spiro atoms. The molecular formula is C17H25NO. The van der Waals surface area contributed by atoms with Gasteiger partial charge in [-0.05, 0) is 24.3 Å². The number of hydrogen-bond donors (Lipinski definition) is 1. The van der Waals surface area contributed by atoms with Gasteiger partial charge in [-0.3, -0.25) is 0 Å². The summed E-state index contributed by atoms with van der Waals surface area (Å²) < 4.78 is 5.81. The third kappa shape index (κ3) is 2.38. The largest absolute Gasteiger partial charge is 0.493 e.